The Hall–Kier alpha value is 2.63. The van der Waals surface area contributed by atoms with Crippen molar-refractivity contribution < 1.29 is 38.4 Å². The van der Waals surface area contributed by atoms with Gasteiger partial charge in [-0.05, 0) is 0 Å². The Balaban J connectivity index is -0.0000000457. The van der Waals surface area contributed by atoms with Gasteiger partial charge in [0, 0.05) is 0 Å². The van der Waals surface area contributed by atoms with E-state index < -0.39 is 18.1 Å². The van der Waals surface area contributed by atoms with Crippen LogP contribution in [0.15, 0.2) is 0 Å². The number of hydrogen-bond donors (Lipinski definition) is 8. The predicted molar refractivity (Wildman–Crippen MR) is 46.3 cm³/mol. The van der Waals surface area contributed by atoms with Crippen molar-refractivity contribution in [3.05, 3.63) is 0 Å². The molecule has 0 spiro atoms. The van der Waals surface area contributed by atoms with Crippen molar-refractivity contribution in [2.24, 2.45) is 0 Å². The van der Waals surface area contributed by atoms with Gasteiger partial charge < -0.3 is 38.4 Å². The minimum absolute atomic E-state index is 0. The molecule has 0 saturated carbocycles. The zero-order valence-electron chi connectivity index (χ0n) is 4.58. The summed E-state index contributed by atoms with van der Waals surface area (Å²) in [6.07, 6.45) is 0. The Kier molecular flexibility index (Phi) is 20.4. The summed E-state index contributed by atoms with van der Waals surface area (Å²) in [5.41, 5.74) is 0. The van der Waals surface area contributed by atoms with Crippen molar-refractivity contribution in [2.45, 2.75) is 0 Å². The third-order valence-corrected chi connectivity index (χ3v) is 0. The van der Waals surface area contributed by atoms with Crippen molar-refractivity contribution in [1.29, 1.82) is 0 Å². The molecular formula is H12Ca2O8Si2. The van der Waals surface area contributed by atoms with Crippen LogP contribution < -0.4 is 0 Å². The van der Waals surface area contributed by atoms with Crippen molar-refractivity contribution >= 4 is 93.6 Å². The molecule has 0 aromatic rings. The first kappa shape index (κ1) is 24.1. The molecule has 0 aliphatic heterocycles. The van der Waals surface area contributed by atoms with Gasteiger partial charge in [0.25, 0.3) is 0 Å². The monoisotopic (exact) mass is 276 g/mol. The first-order valence-electron chi connectivity index (χ1n) is 1.79. The number of hydrogen-bond acceptors (Lipinski definition) is 8. The molecule has 8 nitrogen and oxygen atoms in total. The molecular weight excluding hydrogens is 264 g/mol. The summed E-state index contributed by atoms with van der Waals surface area (Å²) in [6.45, 7) is 0. The second-order valence-electron chi connectivity index (χ2n) is 1.20. The van der Waals surface area contributed by atoms with E-state index in [4.69, 9.17) is 38.4 Å². The molecule has 0 aromatic heterocycles. The second kappa shape index (κ2) is 10.2. The molecule has 0 bridgehead atoms. The van der Waals surface area contributed by atoms with E-state index >= 15 is 0 Å². The van der Waals surface area contributed by atoms with E-state index in [1.54, 1.807) is 0 Å². The van der Waals surface area contributed by atoms with Gasteiger partial charge in [0.15, 0.2) is 0 Å². The average Bonchev–Trinajstić information content (AvgIpc) is 1.12. The first-order chi connectivity index (χ1) is 4.00. The van der Waals surface area contributed by atoms with Crippen molar-refractivity contribution in [1.82, 2.24) is 0 Å². The van der Waals surface area contributed by atoms with Gasteiger partial charge in [0.1, 0.15) is 0 Å². The van der Waals surface area contributed by atoms with Gasteiger partial charge >= 0.3 is 93.6 Å². The van der Waals surface area contributed by atoms with Gasteiger partial charge in [-0.2, -0.15) is 0 Å². The van der Waals surface area contributed by atoms with Gasteiger partial charge in [-0.3, -0.25) is 0 Å². The topological polar surface area (TPSA) is 162 Å². The molecule has 0 saturated heterocycles. The van der Waals surface area contributed by atoms with E-state index in [1.165, 1.54) is 0 Å². The molecule has 8 N–H and O–H groups in total. The summed E-state index contributed by atoms with van der Waals surface area (Å²) in [5.74, 6) is 0. The molecule has 0 radical (unpaired) electrons. The fourth-order valence-corrected chi connectivity index (χ4v) is 0. The average molecular weight is 276 g/mol. The van der Waals surface area contributed by atoms with Crippen LogP contribution in [-0.4, -0.2) is 132 Å². The molecule has 12 heteroatoms. The van der Waals surface area contributed by atoms with E-state index in [-0.39, 0.29) is 75.5 Å². The second-order valence-corrected chi connectivity index (χ2v) is 3.60. The zero-order chi connectivity index (χ0) is 9.00. The normalized spacial score (nSPS) is 10.0. The minimum atomic E-state index is -4.61. The summed E-state index contributed by atoms with van der Waals surface area (Å²) >= 11 is 0. The summed E-state index contributed by atoms with van der Waals surface area (Å²) in [7, 11) is -9.22. The third kappa shape index (κ3) is 247. The van der Waals surface area contributed by atoms with Crippen LogP contribution in [0.1, 0.15) is 0 Å². The van der Waals surface area contributed by atoms with Crippen molar-refractivity contribution in [3.63, 3.8) is 0 Å². The first-order valence-corrected chi connectivity index (χ1v) is 5.37. The van der Waals surface area contributed by atoms with E-state index in [9.17, 15) is 0 Å². The number of rotatable bonds is 0. The van der Waals surface area contributed by atoms with Crippen LogP contribution in [0.2, 0.25) is 0 Å². The van der Waals surface area contributed by atoms with Crippen LogP contribution in [0.4, 0.5) is 0 Å². The van der Waals surface area contributed by atoms with Gasteiger partial charge in [0.05, 0.1) is 0 Å². The quantitative estimate of drug-likeness (QED) is 0.202. The molecule has 12 heavy (non-hydrogen) atoms. The van der Waals surface area contributed by atoms with Gasteiger partial charge in [-0.1, -0.05) is 0 Å². The molecule has 0 fully saturated rings. The molecule has 0 aliphatic carbocycles. The van der Waals surface area contributed by atoms with Crippen LogP contribution in [-0.2, 0) is 0 Å². The molecule has 0 aromatic carbocycles. The molecule has 0 heterocycles. The van der Waals surface area contributed by atoms with Crippen LogP contribution in [0, 0.1) is 0 Å². The fraction of sp³-hybridized carbons (Fsp3) is 0. The van der Waals surface area contributed by atoms with E-state index in [0.717, 1.165) is 0 Å². The predicted octanol–water partition coefficient (Wildman–Crippen LogP) is -7.05. The third-order valence-electron chi connectivity index (χ3n) is 0. The Bertz CT molecular complexity index is 58.0. The summed E-state index contributed by atoms with van der Waals surface area (Å²) in [5, 5.41) is 0. The van der Waals surface area contributed by atoms with E-state index in [2.05, 4.69) is 0 Å². The fourth-order valence-electron chi connectivity index (χ4n) is 0. The summed E-state index contributed by atoms with van der Waals surface area (Å²) < 4.78 is 0. The van der Waals surface area contributed by atoms with Gasteiger partial charge in [-0.15, -0.1) is 0 Å². The molecule has 0 unspecified atom stereocenters. The molecule has 0 aliphatic rings. The van der Waals surface area contributed by atoms with Gasteiger partial charge in [-0.25, -0.2) is 0 Å². The standard InChI is InChI=1S/2Ca.2H4O4Si.4H/c;;2*1-5(2,3)4;;;;/h;;2*1-4H;;;;. The van der Waals surface area contributed by atoms with Crippen molar-refractivity contribution in [3.8, 4) is 0 Å². The van der Waals surface area contributed by atoms with Crippen LogP contribution >= 0.6 is 0 Å². The SMILES string of the molecule is O[Si](O)(O)O.O[Si](O)(O)O.[CaH2].[CaH2]. The molecule has 72 valence electrons. The van der Waals surface area contributed by atoms with E-state index in [1.807, 2.05) is 0 Å². The van der Waals surface area contributed by atoms with Gasteiger partial charge in [0.2, 0.25) is 0 Å². The zero-order valence-corrected chi connectivity index (χ0v) is 6.58. The van der Waals surface area contributed by atoms with Crippen LogP contribution in [0.5, 0.6) is 0 Å². The Morgan fingerprint density at radius 2 is 0.417 bits per heavy atom. The van der Waals surface area contributed by atoms with E-state index in [0.29, 0.717) is 0 Å². The molecule has 0 atom stereocenters. The maximum absolute atomic E-state index is 7.33. The van der Waals surface area contributed by atoms with Crippen LogP contribution in [0.3, 0.4) is 0 Å². The van der Waals surface area contributed by atoms with Crippen LogP contribution in [0.25, 0.3) is 0 Å². The Morgan fingerprint density at radius 1 is 0.417 bits per heavy atom. The summed E-state index contributed by atoms with van der Waals surface area (Å²) in [4.78, 5) is 58.6. The Labute approximate surface area is 130 Å². The maximum atomic E-state index is 7.33. The van der Waals surface area contributed by atoms with Crippen molar-refractivity contribution in [2.75, 3.05) is 0 Å². The Morgan fingerprint density at radius 3 is 0.417 bits per heavy atom. The summed E-state index contributed by atoms with van der Waals surface area (Å²) in [6, 6.07) is 0. The molecule has 0 amide bonds. The molecule has 0 rings (SSSR count).